The molecule has 0 amide bonds. The molecule has 2 heterocycles. The number of carbonyl (C=O) groups is 1. The number of halogens is 1. The van der Waals surface area contributed by atoms with E-state index in [0.29, 0.717) is 41.2 Å². The normalized spacial score (nSPS) is 14.3. The van der Waals surface area contributed by atoms with Crippen LogP contribution < -0.4 is 9.47 Å². The van der Waals surface area contributed by atoms with E-state index in [1.54, 1.807) is 25.1 Å². The third-order valence-corrected chi connectivity index (χ3v) is 4.62. The zero-order valence-electron chi connectivity index (χ0n) is 16.2. The van der Waals surface area contributed by atoms with Crippen LogP contribution in [0.3, 0.4) is 0 Å². The molecular weight excluding hydrogens is 408 g/mol. The van der Waals surface area contributed by atoms with Gasteiger partial charge in [-0.3, -0.25) is 0 Å². The molecule has 7 nitrogen and oxygen atoms in total. The average Bonchev–Trinajstić information content (AvgIpc) is 3.13. The predicted octanol–water partition coefficient (Wildman–Crippen LogP) is 4.87. The van der Waals surface area contributed by atoms with E-state index in [1.165, 1.54) is 6.08 Å². The number of esters is 1. The molecule has 1 aliphatic heterocycles. The van der Waals surface area contributed by atoms with Crippen LogP contribution in [0.4, 0.5) is 0 Å². The van der Waals surface area contributed by atoms with Gasteiger partial charge in [0.25, 0.3) is 5.89 Å². The number of hydrogen-bond donors (Lipinski definition) is 0. The molecule has 0 radical (unpaired) electrons. The number of ether oxygens (including phenoxy) is 3. The quantitative estimate of drug-likeness (QED) is 0.425. The second-order valence-corrected chi connectivity index (χ2v) is 7.01. The Balaban J connectivity index is 1.41. The van der Waals surface area contributed by atoms with Crippen molar-refractivity contribution in [2.24, 2.45) is 0 Å². The SMILES string of the molecule is CC(OC(=O)/C=C/c1cc(Cl)c2c(c1)OCCCO2)c1nnc(-c2ccccc2)o1. The van der Waals surface area contributed by atoms with E-state index >= 15 is 0 Å². The second-order valence-electron chi connectivity index (χ2n) is 6.60. The maximum atomic E-state index is 12.2. The number of hydrogen-bond acceptors (Lipinski definition) is 7. The minimum absolute atomic E-state index is 0.217. The summed E-state index contributed by atoms with van der Waals surface area (Å²) < 4.78 is 22.2. The van der Waals surface area contributed by atoms with Crippen LogP contribution in [0.25, 0.3) is 17.5 Å². The summed E-state index contributed by atoms with van der Waals surface area (Å²) in [5.74, 6) is 1.11. The number of aromatic nitrogens is 2. The summed E-state index contributed by atoms with van der Waals surface area (Å²) in [6, 6.07) is 12.8. The van der Waals surface area contributed by atoms with Gasteiger partial charge in [-0.1, -0.05) is 29.8 Å². The van der Waals surface area contributed by atoms with Gasteiger partial charge in [-0.05, 0) is 42.8 Å². The molecular formula is C22H19ClN2O5. The largest absolute Gasteiger partial charge is 0.489 e. The van der Waals surface area contributed by atoms with Gasteiger partial charge in [0.15, 0.2) is 17.6 Å². The van der Waals surface area contributed by atoms with E-state index in [-0.39, 0.29) is 5.89 Å². The minimum Gasteiger partial charge on any atom is -0.489 e. The number of nitrogens with zero attached hydrogens (tertiary/aromatic N) is 2. The first-order valence-electron chi connectivity index (χ1n) is 9.47. The van der Waals surface area contributed by atoms with E-state index < -0.39 is 12.1 Å². The smallest absolute Gasteiger partial charge is 0.331 e. The molecule has 0 aliphatic carbocycles. The molecule has 2 aromatic carbocycles. The Labute approximate surface area is 178 Å². The Hall–Kier alpha value is -3.32. The van der Waals surface area contributed by atoms with Crippen LogP contribution in [0.5, 0.6) is 11.5 Å². The third-order valence-electron chi connectivity index (χ3n) is 4.34. The molecule has 0 saturated carbocycles. The molecule has 4 rings (SSSR count). The number of fused-ring (bicyclic) bond motifs is 1. The summed E-state index contributed by atoms with van der Waals surface area (Å²) >= 11 is 6.27. The molecule has 3 aromatic rings. The van der Waals surface area contributed by atoms with Crippen LogP contribution in [0.1, 0.15) is 30.9 Å². The lowest BCUT2D eigenvalue weighted by Crippen LogP contribution is -2.06. The van der Waals surface area contributed by atoms with Crippen molar-refractivity contribution < 1.29 is 23.4 Å². The fourth-order valence-electron chi connectivity index (χ4n) is 2.87. The summed E-state index contributed by atoms with van der Waals surface area (Å²) in [6.07, 6.45) is 2.99. The molecule has 0 spiro atoms. The van der Waals surface area contributed by atoms with Gasteiger partial charge in [-0.15, -0.1) is 10.2 Å². The predicted molar refractivity (Wildman–Crippen MR) is 110 cm³/mol. The lowest BCUT2D eigenvalue weighted by Gasteiger charge is -2.10. The van der Waals surface area contributed by atoms with E-state index in [0.717, 1.165) is 12.0 Å². The van der Waals surface area contributed by atoms with Crippen molar-refractivity contribution in [1.29, 1.82) is 0 Å². The summed E-state index contributed by atoms with van der Waals surface area (Å²) in [6.45, 7) is 2.76. The third kappa shape index (κ3) is 4.63. The molecule has 8 heteroatoms. The fraction of sp³-hybridized carbons (Fsp3) is 0.227. The minimum atomic E-state index is -0.695. The molecule has 0 N–H and O–H groups in total. The average molecular weight is 427 g/mol. The van der Waals surface area contributed by atoms with Crippen molar-refractivity contribution in [1.82, 2.24) is 10.2 Å². The van der Waals surface area contributed by atoms with Gasteiger partial charge in [0.2, 0.25) is 5.89 Å². The van der Waals surface area contributed by atoms with Gasteiger partial charge in [0, 0.05) is 18.1 Å². The van der Waals surface area contributed by atoms with Gasteiger partial charge in [-0.2, -0.15) is 0 Å². The lowest BCUT2D eigenvalue weighted by molar-refractivity contribution is -0.143. The molecule has 1 aromatic heterocycles. The molecule has 1 atom stereocenters. The van der Waals surface area contributed by atoms with Crippen molar-refractivity contribution in [3.8, 4) is 23.0 Å². The molecule has 1 unspecified atom stereocenters. The van der Waals surface area contributed by atoms with Gasteiger partial charge in [0.1, 0.15) is 0 Å². The summed E-state index contributed by atoms with van der Waals surface area (Å²) in [5, 5.41) is 8.39. The molecule has 0 saturated heterocycles. The molecule has 0 bridgehead atoms. The Bertz CT molecular complexity index is 1060. The van der Waals surface area contributed by atoms with Crippen LogP contribution in [0, 0.1) is 0 Å². The first-order valence-corrected chi connectivity index (χ1v) is 9.84. The Morgan fingerprint density at radius 2 is 1.97 bits per heavy atom. The fourth-order valence-corrected chi connectivity index (χ4v) is 3.15. The highest BCUT2D eigenvalue weighted by Crippen LogP contribution is 2.38. The van der Waals surface area contributed by atoms with E-state index in [1.807, 2.05) is 30.3 Å². The topological polar surface area (TPSA) is 83.7 Å². The summed E-state index contributed by atoms with van der Waals surface area (Å²) in [4.78, 5) is 12.2. The Morgan fingerprint density at radius 3 is 2.80 bits per heavy atom. The van der Waals surface area contributed by atoms with Gasteiger partial charge in [0.05, 0.1) is 18.2 Å². The maximum Gasteiger partial charge on any atom is 0.331 e. The maximum absolute atomic E-state index is 12.2. The first kappa shape index (κ1) is 20.0. The summed E-state index contributed by atoms with van der Waals surface area (Å²) in [7, 11) is 0. The van der Waals surface area contributed by atoms with E-state index in [2.05, 4.69) is 10.2 Å². The highest BCUT2D eigenvalue weighted by molar-refractivity contribution is 6.32. The van der Waals surface area contributed by atoms with Gasteiger partial charge in [-0.25, -0.2) is 4.79 Å². The Morgan fingerprint density at radius 1 is 1.17 bits per heavy atom. The highest BCUT2D eigenvalue weighted by Gasteiger charge is 2.18. The second kappa shape index (κ2) is 9.00. The van der Waals surface area contributed by atoms with Gasteiger partial charge < -0.3 is 18.6 Å². The number of benzene rings is 2. The van der Waals surface area contributed by atoms with Crippen LogP contribution in [0.2, 0.25) is 5.02 Å². The van der Waals surface area contributed by atoms with Crippen LogP contribution in [0.15, 0.2) is 53.0 Å². The van der Waals surface area contributed by atoms with Gasteiger partial charge >= 0.3 is 5.97 Å². The molecule has 30 heavy (non-hydrogen) atoms. The zero-order valence-corrected chi connectivity index (χ0v) is 17.0. The van der Waals surface area contributed by atoms with Crippen molar-refractivity contribution in [3.05, 3.63) is 65.0 Å². The summed E-state index contributed by atoms with van der Waals surface area (Å²) in [5.41, 5.74) is 1.49. The van der Waals surface area contributed by atoms with Crippen LogP contribution in [-0.2, 0) is 9.53 Å². The standard InChI is InChI=1S/C22H19ClN2O5/c1-14(21-24-25-22(30-21)16-6-3-2-4-7-16)29-19(26)9-8-15-12-17(23)20-18(13-15)27-10-5-11-28-20/h2-4,6-9,12-14H,5,10-11H2,1H3/b9-8+. The van der Waals surface area contributed by atoms with Crippen LogP contribution >= 0.6 is 11.6 Å². The van der Waals surface area contributed by atoms with E-state index in [9.17, 15) is 4.79 Å². The molecule has 1 aliphatic rings. The molecule has 0 fully saturated rings. The highest BCUT2D eigenvalue weighted by atomic mass is 35.5. The zero-order chi connectivity index (χ0) is 20.9. The van der Waals surface area contributed by atoms with Crippen LogP contribution in [-0.4, -0.2) is 29.4 Å². The monoisotopic (exact) mass is 426 g/mol. The lowest BCUT2D eigenvalue weighted by atomic mass is 10.2. The van der Waals surface area contributed by atoms with E-state index in [4.69, 9.17) is 30.2 Å². The number of rotatable bonds is 5. The van der Waals surface area contributed by atoms with Crippen molar-refractivity contribution >= 4 is 23.6 Å². The first-order chi connectivity index (χ1) is 14.6. The van der Waals surface area contributed by atoms with Crippen molar-refractivity contribution in [2.75, 3.05) is 13.2 Å². The number of carbonyl (C=O) groups excluding carboxylic acids is 1. The molecule has 154 valence electrons. The van der Waals surface area contributed by atoms with Crippen molar-refractivity contribution in [2.45, 2.75) is 19.4 Å². The van der Waals surface area contributed by atoms with Crippen molar-refractivity contribution in [3.63, 3.8) is 0 Å². The Kier molecular flexibility index (Phi) is 5.99.